The minimum absolute atomic E-state index is 0.179. The molecule has 0 saturated carbocycles. The highest BCUT2D eigenvalue weighted by Crippen LogP contribution is 2.23. The van der Waals surface area contributed by atoms with Gasteiger partial charge in [0, 0.05) is 6.54 Å². The number of carbonyl (C=O) groups is 1. The molecule has 8 heteroatoms. The number of H-pyrrole nitrogens is 1. The molecule has 0 spiro atoms. The van der Waals surface area contributed by atoms with Crippen molar-refractivity contribution in [1.82, 2.24) is 19.9 Å². The quantitative estimate of drug-likeness (QED) is 0.526. The molecule has 4 N–H and O–H groups in total. The molecule has 0 aliphatic carbocycles. The third-order valence-electron chi connectivity index (χ3n) is 2.14. The number of nitrogens with one attached hydrogen (secondary N) is 2. The van der Waals surface area contributed by atoms with Gasteiger partial charge in [-0.1, -0.05) is 18.7 Å². The van der Waals surface area contributed by atoms with Gasteiger partial charge in [0.15, 0.2) is 5.65 Å². The average molecular weight is 266 g/mol. The summed E-state index contributed by atoms with van der Waals surface area (Å²) in [6.07, 6.45) is 2.53. The van der Waals surface area contributed by atoms with E-state index in [-0.39, 0.29) is 11.7 Å². The van der Waals surface area contributed by atoms with Crippen LogP contribution in [0.25, 0.3) is 11.2 Å². The van der Waals surface area contributed by atoms with Crippen molar-refractivity contribution in [1.29, 1.82) is 0 Å². The molecule has 0 saturated heterocycles. The lowest BCUT2D eigenvalue weighted by molar-refractivity contribution is -0.115. The summed E-state index contributed by atoms with van der Waals surface area (Å²) in [6.45, 7) is 2.85. The Labute approximate surface area is 108 Å². The second-order valence-corrected chi connectivity index (χ2v) is 4.60. The normalized spacial score (nSPS) is 10.7. The fraction of sp³-hybridized carbons (Fsp3) is 0.400. The maximum Gasteiger partial charge on any atom is 0.227 e. The molecule has 0 atom stereocenters. The van der Waals surface area contributed by atoms with Crippen molar-refractivity contribution in [2.24, 2.45) is 5.73 Å². The van der Waals surface area contributed by atoms with E-state index in [0.717, 1.165) is 18.5 Å². The first-order valence-corrected chi connectivity index (χ1v) is 6.55. The Bertz CT molecular complexity index is 554. The van der Waals surface area contributed by atoms with Crippen molar-refractivity contribution in [3.05, 3.63) is 6.33 Å². The van der Waals surface area contributed by atoms with Gasteiger partial charge in [-0.15, -0.1) is 0 Å². The van der Waals surface area contributed by atoms with Crippen LogP contribution in [0, 0.1) is 0 Å². The summed E-state index contributed by atoms with van der Waals surface area (Å²) in [7, 11) is 0. The number of carbonyl (C=O) groups excluding carboxylic acids is 1. The van der Waals surface area contributed by atoms with Crippen LogP contribution in [0.1, 0.15) is 13.3 Å². The minimum Gasteiger partial charge on any atom is -0.369 e. The monoisotopic (exact) mass is 266 g/mol. The van der Waals surface area contributed by atoms with E-state index in [1.807, 2.05) is 0 Å². The molecule has 0 bridgehead atoms. The number of hydrogen-bond acceptors (Lipinski definition) is 6. The van der Waals surface area contributed by atoms with Crippen molar-refractivity contribution >= 4 is 34.8 Å². The number of thioether (sulfide) groups is 1. The number of primary amides is 1. The maximum atomic E-state index is 10.8. The second kappa shape index (κ2) is 5.67. The van der Waals surface area contributed by atoms with E-state index in [1.54, 1.807) is 6.33 Å². The van der Waals surface area contributed by atoms with Crippen molar-refractivity contribution < 1.29 is 4.79 Å². The van der Waals surface area contributed by atoms with Crippen molar-refractivity contribution in [3.63, 3.8) is 0 Å². The van der Waals surface area contributed by atoms with Gasteiger partial charge in [0.1, 0.15) is 10.5 Å². The summed E-state index contributed by atoms with van der Waals surface area (Å²) >= 11 is 1.27. The zero-order valence-electron chi connectivity index (χ0n) is 9.93. The van der Waals surface area contributed by atoms with Gasteiger partial charge in [0.25, 0.3) is 0 Å². The predicted molar refractivity (Wildman–Crippen MR) is 70.4 cm³/mol. The first-order chi connectivity index (χ1) is 8.70. The highest BCUT2D eigenvalue weighted by atomic mass is 32.2. The van der Waals surface area contributed by atoms with E-state index in [2.05, 4.69) is 32.2 Å². The molecule has 0 radical (unpaired) electrons. The molecule has 7 nitrogen and oxygen atoms in total. The van der Waals surface area contributed by atoms with Gasteiger partial charge in [0.05, 0.1) is 12.1 Å². The van der Waals surface area contributed by atoms with Crippen molar-refractivity contribution in [2.45, 2.75) is 18.4 Å². The topological polar surface area (TPSA) is 110 Å². The van der Waals surface area contributed by atoms with Gasteiger partial charge in [-0.25, -0.2) is 9.97 Å². The molecule has 0 aromatic carbocycles. The van der Waals surface area contributed by atoms with E-state index in [0.29, 0.717) is 16.6 Å². The van der Waals surface area contributed by atoms with Gasteiger partial charge < -0.3 is 16.0 Å². The highest BCUT2D eigenvalue weighted by Gasteiger charge is 2.11. The zero-order valence-corrected chi connectivity index (χ0v) is 10.8. The Kier molecular flexibility index (Phi) is 3.98. The highest BCUT2D eigenvalue weighted by molar-refractivity contribution is 8.00. The standard InChI is InChI=1S/C10H14N6OS/c1-2-3-12-10-15-8-7(13-5-14-8)9(16-10)18-4-6(11)17/h5H,2-4H2,1H3,(H2,11,17)(H2,12,13,14,15,16). The van der Waals surface area contributed by atoms with Crippen molar-refractivity contribution in [3.8, 4) is 0 Å². The molecule has 96 valence electrons. The molecule has 2 aromatic rings. The van der Waals surface area contributed by atoms with Gasteiger partial charge in [-0.2, -0.15) is 4.98 Å². The summed E-state index contributed by atoms with van der Waals surface area (Å²) in [5.74, 6) is 0.316. The molecule has 0 aliphatic heterocycles. The number of aromatic nitrogens is 4. The SMILES string of the molecule is CCCNc1nc(SCC(N)=O)c2[nH]cnc2n1. The number of imidazole rings is 1. The fourth-order valence-corrected chi connectivity index (χ4v) is 2.09. The van der Waals surface area contributed by atoms with Crippen LogP contribution in [0.2, 0.25) is 0 Å². The molecule has 2 aromatic heterocycles. The number of fused-ring (bicyclic) bond motifs is 1. The Morgan fingerprint density at radius 2 is 2.39 bits per heavy atom. The van der Waals surface area contributed by atoms with E-state index in [4.69, 9.17) is 5.73 Å². The number of nitrogens with zero attached hydrogens (tertiary/aromatic N) is 3. The van der Waals surface area contributed by atoms with Gasteiger partial charge in [-0.3, -0.25) is 4.79 Å². The molecule has 2 heterocycles. The van der Waals surface area contributed by atoms with Crippen molar-refractivity contribution in [2.75, 3.05) is 17.6 Å². The van der Waals surface area contributed by atoms with Crippen LogP contribution in [0.15, 0.2) is 11.4 Å². The molecule has 0 unspecified atom stereocenters. The molecule has 18 heavy (non-hydrogen) atoms. The number of amides is 1. The predicted octanol–water partition coefficient (Wildman–Crippen LogP) is 0.752. The largest absolute Gasteiger partial charge is 0.369 e. The Morgan fingerprint density at radius 3 is 3.11 bits per heavy atom. The van der Waals surface area contributed by atoms with Crippen LogP contribution in [-0.2, 0) is 4.79 Å². The minimum atomic E-state index is -0.380. The Hall–Kier alpha value is -1.83. The number of hydrogen-bond donors (Lipinski definition) is 3. The molecular weight excluding hydrogens is 252 g/mol. The number of anilines is 1. The van der Waals surface area contributed by atoms with Crippen LogP contribution in [0.3, 0.4) is 0 Å². The summed E-state index contributed by atoms with van der Waals surface area (Å²) in [4.78, 5) is 26.5. The van der Waals surface area contributed by atoms with Gasteiger partial charge in [-0.05, 0) is 6.42 Å². The number of aromatic amines is 1. The number of nitrogens with two attached hydrogens (primary N) is 1. The maximum absolute atomic E-state index is 10.8. The summed E-state index contributed by atoms with van der Waals surface area (Å²) in [5, 5.41) is 3.77. The third kappa shape index (κ3) is 2.89. The van der Waals surface area contributed by atoms with E-state index < -0.39 is 0 Å². The van der Waals surface area contributed by atoms with E-state index >= 15 is 0 Å². The lowest BCUT2D eigenvalue weighted by atomic mass is 10.5. The summed E-state index contributed by atoms with van der Waals surface area (Å²) < 4.78 is 0. The van der Waals surface area contributed by atoms with Crippen LogP contribution < -0.4 is 11.1 Å². The van der Waals surface area contributed by atoms with Crippen LogP contribution in [0.5, 0.6) is 0 Å². The fourth-order valence-electron chi connectivity index (χ4n) is 1.37. The van der Waals surface area contributed by atoms with Crippen LogP contribution in [-0.4, -0.2) is 38.1 Å². The Morgan fingerprint density at radius 1 is 1.56 bits per heavy atom. The Balaban J connectivity index is 2.29. The average Bonchev–Trinajstić information content (AvgIpc) is 2.81. The van der Waals surface area contributed by atoms with Gasteiger partial charge in [0.2, 0.25) is 11.9 Å². The molecule has 1 amide bonds. The van der Waals surface area contributed by atoms with E-state index in [9.17, 15) is 4.79 Å². The summed E-state index contributed by atoms with van der Waals surface area (Å²) in [5.41, 5.74) is 6.44. The molecule has 2 rings (SSSR count). The second-order valence-electron chi connectivity index (χ2n) is 3.64. The van der Waals surface area contributed by atoms with Gasteiger partial charge >= 0.3 is 0 Å². The van der Waals surface area contributed by atoms with E-state index in [1.165, 1.54) is 11.8 Å². The first kappa shape index (κ1) is 12.6. The lowest BCUT2D eigenvalue weighted by Crippen LogP contribution is -2.13. The first-order valence-electron chi connectivity index (χ1n) is 5.56. The van der Waals surface area contributed by atoms with Crippen LogP contribution >= 0.6 is 11.8 Å². The molecular formula is C10H14N6OS. The van der Waals surface area contributed by atoms with Crippen LogP contribution in [0.4, 0.5) is 5.95 Å². The summed E-state index contributed by atoms with van der Waals surface area (Å²) in [6, 6.07) is 0. The number of rotatable bonds is 6. The smallest absolute Gasteiger partial charge is 0.227 e. The molecule has 0 fully saturated rings. The zero-order chi connectivity index (χ0) is 13.0. The lowest BCUT2D eigenvalue weighted by Gasteiger charge is -2.05. The third-order valence-corrected chi connectivity index (χ3v) is 3.13. The molecule has 0 aliphatic rings.